The van der Waals surface area contributed by atoms with Crippen LogP contribution in [-0.2, 0) is 9.53 Å². The van der Waals surface area contributed by atoms with Gasteiger partial charge in [0.15, 0.2) is 0 Å². The quantitative estimate of drug-likeness (QED) is 0.291. The summed E-state index contributed by atoms with van der Waals surface area (Å²) in [6.07, 6.45) is 2.95. The molecule has 0 bridgehead atoms. The molecule has 0 saturated carbocycles. The van der Waals surface area contributed by atoms with Gasteiger partial charge in [-0.15, -0.1) is 0 Å². The standard InChI is InChI=1S/C32H36Cl2N6O3/c1-21(37-31(42)43-32(2,3)4)30(41)40-17-15-38(28-9-11-35-26-19-22(33)5-7-24(26)28)13-14-39(16-18-40)29-10-12-36-27-20-23(34)6-8-25(27)29/h5-12,19-21H,13-18H2,1-4H3,(H,37,42). The van der Waals surface area contributed by atoms with E-state index in [0.29, 0.717) is 49.3 Å². The first kappa shape index (κ1) is 30.6. The number of pyridine rings is 2. The van der Waals surface area contributed by atoms with Crippen LogP contribution in [0, 0.1) is 0 Å². The summed E-state index contributed by atoms with van der Waals surface area (Å²) < 4.78 is 5.39. The summed E-state index contributed by atoms with van der Waals surface area (Å²) in [6, 6.07) is 14.7. The Morgan fingerprint density at radius 2 is 1.26 bits per heavy atom. The van der Waals surface area contributed by atoms with Gasteiger partial charge >= 0.3 is 6.09 Å². The summed E-state index contributed by atoms with van der Waals surface area (Å²) in [5.74, 6) is -0.176. The smallest absolute Gasteiger partial charge is 0.408 e. The van der Waals surface area contributed by atoms with Crippen LogP contribution in [0.4, 0.5) is 16.2 Å². The summed E-state index contributed by atoms with van der Waals surface area (Å²) >= 11 is 12.5. The number of benzene rings is 2. The van der Waals surface area contributed by atoms with Crippen LogP contribution in [0.1, 0.15) is 27.7 Å². The van der Waals surface area contributed by atoms with Crippen LogP contribution in [0.15, 0.2) is 60.9 Å². The van der Waals surface area contributed by atoms with Crippen molar-refractivity contribution in [2.75, 3.05) is 49.1 Å². The molecule has 2 aromatic heterocycles. The SMILES string of the molecule is CC(NC(=O)OC(C)(C)C)C(=O)N1CCN(c2ccnc3cc(Cl)ccc23)CCN(c2ccnc3cc(Cl)ccc23)CC1. The molecule has 2 aromatic carbocycles. The minimum Gasteiger partial charge on any atom is -0.444 e. The van der Waals surface area contributed by atoms with Crippen molar-refractivity contribution in [2.45, 2.75) is 39.3 Å². The minimum atomic E-state index is -0.759. The number of fused-ring (bicyclic) bond motifs is 2. The van der Waals surface area contributed by atoms with E-state index < -0.39 is 17.7 Å². The van der Waals surface area contributed by atoms with Gasteiger partial charge in [0.25, 0.3) is 0 Å². The lowest BCUT2D eigenvalue weighted by Gasteiger charge is -2.30. The Bertz CT molecular complexity index is 1550. The van der Waals surface area contributed by atoms with Crippen LogP contribution >= 0.6 is 23.2 Å². The van der Waals surface area contributed by atoms with Crippen LogP contribution in [0.3, 0.4) is 0 Å². The Morgan fingerprint density at radius 1 is 0.791 bits per heavy atom. The normalized spacial score (nSPS) is 15.5. The molecule has 5 rings (SSSR count). The molecule has 1 aliphatic rings. The summed E-state index contributed by atoms with van der Waals surface area (Å²) in [6.45, 7) is 10.6. The van der Waals surface area contributed by atoms with Gasteiger partial charge in [0, 0.05) is 83.9 Å². The number of aromatic nitrogens is 2. The lowest BCUT2D eigenvalue weighted by atomic mass is 10.1. The minimum absolute atomic E-state index is 0.176. The van der Waals surface area contributed by atoms with Gasteiger partial charge in [-0.3, -0.25) is 14.8 Å². The highest BCUT2D eigenvalue weighted by Gasteiger charge is 2.27. The predicted octanol–water partition coefficient (Wildman–Crippen LogP) is 6.16. The topological polar surface area (TPSA) is 90.9 Å². The molecule has 43 heavy (non-hydrogen) atoms. The number of halogens is 2. The zero-order chi connectivity index (χ0) is 30.7. The first-order valence-electron chi connectivity index (χ1n) is 14.4. The van der Waals surface area contributed by atoms with E-state index in [2.05, 4.69) is 25.1 Å². The van der Waals surface area contributed by atoms with E-state index in [1.807, 2.05) is 53.4 Å². The van der Waals surface area contributed by atoms with Gasteiger partial charge in [-0.25, -0.2) is 4.79 Å². The van der Waals surface area contributed by atoms with Gasteiger partial charge in [0.05, 0.1) is 11.0 Å². The van der Waals surface area contributed by atoms with E-state index in [9.17, 15) is 9.59 Å². The Hall–Kier alpha value is -3.82. The van der Waals surface area contributed by atoms with Crippen LogP contribution in [0.2, 0.25) is 10.0 Å². The third kappa shape index (κ3) is 7.40. The Balaban J connectivity index is 1.47. The van der Waals surface area contributed by atoms with Crippen molar-refractivity contribution in [3.05, 3.63) is 71.0 Å². The zero-order valence-corrected chi connectivity index (χ0v) is 26.3. The molecule has 226 valence electrons. The average Bonchev–Trinajstić information content (AvgIpc) is 3.05. The molecule has 3 heterocycles. The van der Waals surface area contributed by atoms with Crippen LogP contribution < -0.4 is 15.1 Å². The van der Waals surface area contributed by atoms with Gasteiger partial charge < -0.3 is 24.8 Å². The first-order chi connectivity index (χ1) is 20.5. The number of ether oxygens (including phenoxy) is 1. The van der Waals surface area contributed by atoms with Crippen molar-refractivity contribution >= 4 is 68.4 Å². The van der Waals surface area contributed by atoms with E-state index >= 15 is 0 Å². The first-order valence-corrected chi connectivity index (χ1v) is 15.1. The number of alkyl carbamates (subject to hydrolysis) is 1. The Kier molecular flexibility index (Phi) is 9.13. The molecule has 1 fully saturated rings. The molecule has 1 N–H and O–H groups in total. The Morgan fingerprint density at radius 3 is 1.72 bits per heavy atom. The lowest BCUT2D eigenvalue weighted by molar-refractivity contribution is -0.132. The largest absolute Gasteiger partial charge is 0.444 e. The molecular weight excluding hydrogens is 587 g/mol. The molecule has 11 heteroatoms. The van der Waals surface area contributed by atoms with E-state index in [1.54, 1.807) is 40.1 Å². The highest BCUT2D eigenvalue weighted by atomic mass is 35.5. The lowest BCUT2D eigenvalue weighted by Crippen LogP contribution is -2.50. The average molecular weight is 624 g/mol. The number of anilines is 2. The highest BCUT2D eigenvalue weighted by molar-refractivity contribution is 6.31. The summed E-state index contributed by atoms with van der Waals surface area (Å²) in [7, 11) is 0. The van der Waals surface area contributed by atoms with Gasteiger partial charge in [0.2, 0.25) is 5.91 Å². The fraction of sp³-hybridized carbons (Fsp3) is 0.375. The molecule has 9 nitrogen and oxygen atoms in total. The molecule has 1 unspecified atom stereocenters. The predicted molar refractivity (Wildman–Crippen MR) is 173 cm³/mol. The van der Waals surface area contributed by atoms with Gasteiger partial charge in [-0.1, -0.05) is 23.2 Å². The molecule has 4 aromatic rings. The number of rotatable bonds is 4. The van der Waals surface area contributed by atoms with Crippen LogP contribution in [-0.4, -0.2) is 77.8 Å². The van der Waals surface area contributed by atoms with Crippen LogP contribution in [0.25, 0.3) is 21.8 Å². The third-order valence-corrected chi connectivity index (χ3v) is 7.85. The number of amides is 2. The molecule has 1 saturated heterocycles. The van der Waals surface area contributed by atoms with Crippen molar-refractivity contribution in [3.63, 3.8) is 0 Å². The van der Waals surface area contributed by atoms with Gasteiger partial charge in [-0.2, -0.15) is 0 Å². The van der Waals surface area contributed by atoms with Crippen LogP contribution in [0.5, 0.6) is 0 Å². The van der Waals surface area contributed by atoms with Gasteiger partial charge in [0.1, 0.15) is 11.6 Å². The molecule has 0 aliphatic carbocycles. The maximum atomic E-state index is 13.7. The summed E-state index contributed by atoms with van der Waals surface area (Å²) in [4.78, 5) is 41.6. The van der Waals surface area contributed by atoms with Crippen molar-refractivity contribution < 1.29 is 14.3 Å². The van der Waals surface area contributed by atoms with Crippen molar-refractivity contribution in [3.8, 4) is 0 Å². The maximum absolute atomic E-state index is 13.7. The molecule has 2 amide bonds. The number of nitrogens with one attached hydrogen (secondary N) is 1. The van der Waals surface area contributed by atoms with E-state index in [0.717, 1.165) is 33.2 Å². The van der Waals surface area contributed by atoms with E-state index in [4.69, 9.17) is 27.9 Å². The molecule has 1 aliphatic heterocycles. The number of nitrogens with zero attached hydrogens (tertiary/aromatic N) is 5. The van der Waals surface area contributed by atoms with E-state index in [-0.39, 0.29) is 5.91 Å². The molecular formula is C32H36Cl2N6O3. The van der Waals surface area contributed by atoms with Gasteiger partial charge in [-0.05, 0) is 76.2 Å². The zero-order valence-electron chi connectivity index (χ0n) is 24.8. The summed E-state index contributed by atoms with van der Waals surface area (Å²) in [5.41, 5.74) is 2.98. The molecule has 1 atom stereocenters. The van der Waals surface area contributed by atoms with Crippen molar-refractivity contribution in [1.82, 2.24) is 20.2 Å². The monoisotopic (exact) mass is 622 g/mol. The second kappa shape index (κ2) is 12.8. The second-order valence-corrected chi connectivity index (χ2v) is 12.5. The van der Waals surface area contributed by atoms with E-state index in [1.165, 1.54) is 0 Å². The Labute approximate surface area is 261 Å². The second-order valence-electron chi connectivity index (χ2n) is 11.7. The maximum Gasteiger partial charge on any atom is 0.408 e. The highest BCUT2D eigenvalue weighted by Crippen LogP contribution is 2.30. The van der Waals surface area contributed by atoms with Crippen molar-refractivity contribution in [2.24, 2.45) is 0 Å². The number of hydrogen-bond acceptors (Lipinski definition) is 7. The number of hydrogen-bond donors (Lipinski definition) is 1. The fourth-order valence-corrected chi connectivity index (χ4v) is 5.68. The van der Waals surface area contributed by atoms with Crippen molar-refractivity contribution in [1.29, 1.82) is 0 Å². The third-order valence-electron chi connectivity index (χ3n) is 7.38. The number of carbonyl (C=O) groups is 2. The molecule has 0 radical (unpaired) electrons. The molecule has 0 spiro atoms. The number of carbonyl (C=O) groups excluding carboxylic acids is 2. The fourth-order valence-electron chi connectivity index (χ4n) is 5.35. The summed E-state index contributed by atoms with van der Waals surface area (Å²) in [5, 5.41) is 5.93.